The minimum Gasteiger partial charge on any atom is -0.396 e. The van der Waals surface area contributed by atoms with Crippen LogP contribution in [-0.4, -0.2) is 51.4 Å². The minimum atomic E-state index is -0.449. The molecule has 0 bridgehead atoms. The van der Waals surface area contributed by atoms with Crippen molar-refractivity contribution in [1.29, 1.82) is 0 Å². The van der Waals surface area contributed by atoms with E-state index in [0.29, 0.717) is 19.8 Å². The van der Waals surface area contributed by atoms with E-state index < -0.39 is 5.41 Å². The summed E-state index contributed by atoms with van der Waals surface area (Å²) in [5.74, 6) is 0. The highest BCUT2D eigenvalue weighted by atomic mass is 16.5. The van der Waals surface area contributed by atoms with Crippen molar-refractivity contribution in [2.24, 2.45) is 5.41 Å². The van der Waals surface area contributed by atoms with E-state index in [-0.39, 0.29) is 6.61 Å². The Hall–Kier alpha value is -0.160. The van der Waals surface area contributed by atoms with Crippen molar-refractivity contribution in [2.75, 3.05) is 46.2 Å². The summed E-state index contributed by atoms with van der Waals surface area (Å²) in [6.07, 6.45) is 40.0. The highest BCUT2D eigenvalue weighted by Gasteiger charge is 2.31. The van der Waals surface area contributed by atoms with Crippen LogP contribution in [0.5, 0.6) is 0 Å². The molecule has 0 aliphatic carbocycles. The second-order valence-electron chi connectivity index (χ2n) is 14.4. The Balaban J connectivity index is 4.21. The van der Waals surface area contributed by atoms with Gasteiger partial charge >= 0.3 is 0 Å². The van der Waals surface area contributed by atoms with Gasteiger partial charge in [-0.05, 0) is 19.3 Å². The van der Waals surface area contributed by atoms with Crippen LogP contribution in [0.15, 0.2) is 0 Å². The molecule has 272 valence electrons. The van der Waals surface area contributed by atoms with Crippen LogP contribution < -0.4 is 0 Å². The molecule has 0 aromatic rings. The van der Waals surface area contributed by atoms with E-state index >= 15 is 0 Å². The van der Waals surface area contributed by atoms with E-state index in [1.807, 2.05) is 0 Å². The molecule has 0 atom stereocenters. The number of aliphatic hydroxyl groups excluding tert-OH is 1. The molecule has 0 saturated heterocycles. The second kappa shape index (κ2) is 38.3. The van der Waals surface area contributed by atoms with Gasteiger partial charge in [0.05, 0.1) is 31.8 Å². The summed E-state index contributed by atoms with van der Waals surface area (Å²) in [7, 11) is 0. The maximum Gasteiger partial charge on any atom is 0.0635 e. The van der Waals surface area contributed by atoms with Crippen molar-refractivity contribution in [3.05, 3.63) is 0 Å². The predicted octanol–water partition coefficient (Wildman–Crippen LogP) is 12.8. The molecule has 4 nitrogen and oxygen atoms in total. The van der Waals surface area contributed by atoms with Gasteiger partial charge in [-0.25, -0.2) is 0 Å². The third kappa shape index (κ3) is 33.5. The number of rotatable bonds is 40. The molecule has 4 heteroatoms. The van der Waals surface area contributed by atoms with Crippen molar-refractivity contribution in [3.8, 4) is 0 Å². The van der Waals surface area contributed by atoms with Crippen molar-refractivity contribution >= 4 is 0 Å². The highest BCUT2D eigenvalue weighted by Crippen LogP contribution is 2.21. The molecule has 0 spiro atoms. The molecule has 0 amide bonds. The zero-order chi connectivity index (χ0) is 32.8. The average molecular weight is 641 g/mol. The van der Waals surface area contributed by atoms with Crippen LogP contribution in [0, 0.1) is 5.41 Å². The van der Waals surface area contributed by atoms with Gasteiger partial charge < -0.3 is 19.3 Å². The fourth-order valence-electron chi connectivity index (χ4n) is 6.20. The minimum absolute atomic E-state index is 0.0566. The molecular weight excluding hydrogens is 556 g/mol. The Morgan fingerprint density at radius 1 is 0.311 bits per heavy atom. The number of aliphatic hydroxyl groups is 1. The monoisotopic (exact) mass is 641 g/mol. The summed E-state index contributed by atoms with van der Waals surface area (Å²) >= 11 is 0. The molecule has 0 radical (unpaired) electrons. The van der Waals surface area contributed by atoms with Gasteiger partial charge in [0.25, 0.3) is 0 Å². The summed E-state index contributed by atoms with van der Waals surface area (Å²) in [6, 6.07) is 0. The Morgan fingerprint density at radius 2 is 0.511 bits per heavy atom. The largest absolute Gasteiger partial charge is 0.396 e. The number of hydrogen-bond donors (Lipinski definition) is 1. The van der Waals surface area contributed by atoms with Gasteiger partial charge in [0.15, 0.2) is 0 Å². The lowest BCUT2D eigenvalue weighted by molar-refractivity contribution is -0.0937. The lowest BCUT2D eigenvalue weighted by Crippen LogP contribution is -2.41. The van der Waals surface area contributed by atoms with Crippen molar-refractivity contribution in [2.45, 2.75) is 213 Å². The van der Waals surface area contributed by atoms with E-state index in [9.17, 15) is 5.11 Å². The molecule has 45 heavy (non-hydrogen) atoms. The first-order valence-corrected chi connectivity index (χ1v) is 20.6. The molecule has 0 saturated carbocycles. The second-order valence-corrected chi connectivity index (χ2v) is 14.4. The molecule has 1 N–H and O–H groups in total. The Kier molecular flexibility index (Phi) is 38.2. The maximum absolute atomic E-state index is 10.5. The highest BCUT2D eigenvalue weighted by molar-refractivity contribution is 4.78. The molecule has 0 aliphatic heterocycles. The lowest BCUT2D eigenvalue weighted by Gasteiger charge is -2.31. The zero-order valence-electron chi connectivity index (χ0n) is 31.3. The summed E-state index contributed by atoms with van der Waals surface area (Å²) in [6.45, 7) is 10.8. The van der Waals surface area contributed by atoms with Gasteiger partial charge in [-0.3, -0.25) is 0 Å². The van der Waals surface area contributed by atoms with Crippen molar-refractivity contribution < 1.29 is 19.3 Å². The first-order valence-electron chi connectivity index (χ1n) is 20.6. The normalized spacial score (nSPS) is 12.0. The van der Waals surface area contributed by atoms with E-state index in [4.69, 9.17) is 14.2 Å². The van der Waals surface area contributed by atoms with Gasteiger partial charge in [-0.15, -0.1) is 0 Å². The first-order chi connectivity index (χ1) is 22.2. The summed E-state index contributed by atoms with van der Waals surface area (Å²) in [5.41, 5.74) is -0.449. The fraction of sp³-hybridized carbons (Fsp3) is 1.00. The van der Waals surface area contributed by atoms with Crippen molar-refractivity contribution in [1.82, 2.24) is 0 Å². The zero-order valence-corrected chi connectivity index (χ0v) is 31.3. The van der Waals surface area contributed by atoms with E-state index in [1.54, 1.807) is 0 Å². The van der Waals surface area contributed by atoms with Crippen LogP contribution in [0.1, 0.15) is 213 Å². The fourth-order valence-corrected chi connectivity index (χ4v) is 6.20. The van der Waals surface area contributed by atoms with E-state index in [1.165, 1.54) is 173 Å². The summed E-state index contributed by atoms with van der Waals surface area (Å²) in [5, 5.41) is 10.5. The van der Waals surface area contributed by atoms with Crippen LogP contribution in [0.25, 0.3) is 0 Å². The lowest BCUT2D eigenvalue weighted by atomic mass is 9.92. The molecular formula is C41H84O4. The molecule has 0 aromatic heterocycles. The Bertz CT molecular complexity index is 456. The van der Waals surface area contributed by atoms with E-state index in [2.05, 4.69) is 20.8 Å². The van der Waals surface area contributed by atoms with E-state index in [0.717, 1.165) is 39.1 Å². The van der Waals surface area contributed by atoms with Gasteiger partial charge in [0.2, 0.25) is 0 Å². The van der Waals surface area contributed by atoms with Crippen molar-refractivity contribution in [3.63, 3.8) is 0 Å². The number of ether oxygens (including phenoxy) is 3. The smallest absolute Gasteiger partial charge is 0.0635 e. The molecule has 0 heterocycles. The van der Waals surface area contributed by atoms with Crippen LogP contribution in [-0.2, 0) is 14.2 Å². The Morgan fingerprint density at radius 3 is 0.711 bits per heavy atom. The molecule has 0 rings (SSSR count). The number of hydrogen-bond acceptors (Lipinski definition) is 4. The quantitative estimate of drug-likeness (QED) is 0.0677. The Labute approximate surface area is 283 Å². The maximum atomic E-state index is 10.5. The van der Waals surface area contributed by atoms with Gasteiger partial charge in [-0.2, -0.15) is 0 Å². The summed E-state index contributed by atoms with van der Waals surface area (Å²) < 4.78 is 18.5. The molecule has 0 unspecified atom stereocenters. The number of unbranched alkanes of at least 4 members (excludes halogenated alkanes) is 27. The topological polar surface area (TPSA) is 47.9 Å². The molecule has 0 fully saturated rings. The van der Waals surface area contributed by atoms with Gasteiger partial charge in [0.1, 0.15) is 0 Å². The molecule has 0 aromatic carbocycles. The predicted molar refractivity (Wildman–Crippen MR) is 198 cm³/mol. The third-order valence-electron chi connectivity index (χ3n) is 9.49. The van der Waals surface area contributed by atoms with Gasteiger partial charge in [-0.1, -0.05) is 194 Å². The average Bonchev–Trinajstić information content (AvgIpc) is 3.05. The third-order valence-corrected chi connectivity index (χ3v) is 9.49. The van der Waals surface area contributed by atoms with Crippen LogP contribution >= 0.6 is 0 Å². The van der Waals surface area contributed by atoms with Crippen LogP contribution in [0.2, 0.25) is 0 Å². The standard InChI is InChI=1S/C41H84O4/c1-4-7-10-13-16-19-22-25-28-31-34-43-38-41(37-42,39-44-35-32-29-26-23-20-17-14-11-8-5-2)40-45-36-33-30-27-24-21-18-15-12-9-6-3/h42H,4-40H2,1-3H3. The SMILES string of the molecule is CCCCCCCCCCCCOCC(CO)(COCCCCCCCCCCCC)COCCCCCCCCCCCC. The molecule has 0 aliphatic rings. The van der Waals surface area contributed by atoms with Crippen LogP contribution in [0.3, 0.4) is 0 Å². The van der Waals surface area contributed by atoms with Gasteiger partial charge in [0, 0.05) is 19.8 Å². The van der Waals surface area contributed by atoms with Crippen LogP contribution in [0.4, 0.5) is 0 Å². The summed E-state index contributed by atoms with van der Waals surface area (Å²) in [4.78, 5) is 0. The first kappa shape index (κ1) is 44.8.